The average Bonchev–Trinajstić information content (AvgIpc) is 1.88. The Bertz CT molecular complexity index is 143. The molecule has 13 heavy (non-hydrogen) atoms. The summed E-state index contributed by atoms with van der Waals surface area (Å²) in [6.07, 6.45) is 0. The Labute approximate surface area is 113 Å². The molecule has 0 rings (SSSR count). The zero-order valence-corrected chi connectivity index (χ0v) is 12.3. The smallest absolute Gasteiger partial charge is 0.411 e. The normalized spacial score (nSPS) is 7.08. The van der Waals surface area contributed by atoms with Crippen LogP contribution in [0.3, 0.4) is 0 Å². The summed E-state index contributed by atoms with van der Waals surface area (Å²) in [5, 5.41) is 0. The van der Waals surface area contributed by atoms with Gasteiger partial charge in [-0.15, -0.1) is 0 Å². The molecule has 7 heteroatoms. The summed E-state index contributed by atoms with van der Waals surface area (Å²) in [5.74, 6) is 0. The van der Waals surface area contributed by atoms with Gasteiger partial charge in [-0.2, -0.15) is 0 Å². The van der Waals surface area contributed by atoms with Gasteiger partial charge >= 0.3 is 17.1 Å². The van der Waals surface area contributed by atoms with Crippen molar-refractivity contribution >= 4 is 58.3 Å². The fraction of sp³-hybridized carbons (Fsp3) is 0.667. The third kappa shape index (κ3) is 19.2. The zero-order valence-electron chi connectivity index (χ0n) is 7.88. The third-order valence-corrected chi connectivity index (χ3v) is 2.19. The minimum absolute atomic E-state index is 0. The second-order valence-electron chi connectivity index (χ2n) is 2.32. The summed E-state index contributed by atoms with van der Waals surface area (Å²) in [6.45, 7) is 0. The molecule has 0 aliphatic carbocycles. The van der Waals surface area contributed by atoms with Crippen LogP contribution in [0.1, 0.15) is 0 Å². The Kier molecular flexibility index (Phi) is 16.1. The van der Waals surface area contributed by atoms with Crippen molar-refractivity contribution in [3.05, 3.63) is 0 Å². The molecule has 0 aromatic rings. The fourth-order valence-electron chi connectivity index (χ4n) is 0. The molecule has 0 spiro atoms. The second-order valence-corrected chi connectivity index (χ2v) is 4.38. The summed E-state index contributed by atoms with van der Waals surface area (Å²) in [7, 11) is 7.31. The van der Waals surface area contributed by atoms with Gasteiger partial charge < -0.3 is 59.5 Å². The van der Waals surface area contributed by atoms with Gasteiger partial charge in [-0.25, -0.2) is 0 Å². The minimum atomic E-state index is 0. The molecule has 0 bridgehead atoms. The molecular weight excluding hydrogens is 284 g/mol. The summed E-state index contributed by atoms with van der Waals surface area (Å²) < 4.78 is 1.02. The van der Waals surface area contributed by atoms with Crippen LogP contribution in [0.4, 0.5) is 0 Å². The van der Waals surface area contributed by atoms with Crippen LogP contribution in [-0.2, 0) is 42.3 Å². The van der Waals surface area contributed by atoms with Gasteiger partial charge in [0.25, 0.3) is 0 Å². The van der Waals surface area contributed by atoms with Crippen LogP contribution in [0.5, 0.6) is 0 Å². The Balaban J connectivity index is -0.000000143. The van der Waals surface area contributed by atoms with Crippen LogP contribution >= 0.6 is 24.4 Å². The molecular formula is C6H12FeN2S4. The van der Waals surface area contributed by atoms with Crippen molar-refractivity contribution in [2.75, 3.05) is 28.2 Å². The van der Waals surface area contributed by atoms with Crippen LogP contribution < -0.4 is 0 Å². The fourth-order valence-corrected chi connectivity index (χ4v) is 0. The monoisotopic (exact) mass is 296 g/mol. The molecule has 0 saturated heterocycles. The van der Waals surface area contributed by atoms with E-state index in [9.17, 15) is 0 Å². The van der Waals surface area contributed by atoms with Crippen molar-refractivity contribution < 1.29 is 17.1 Å². The first-order chi connectivity index (χ1) is 5.29. The topological polar surface area (TPSA) is 6.48 Å². The molecule has 0 heterocycles. The average molecular weight is 296 g/mol. The van der Waals surface area contributed by atoms with E-state index in [2.05, 4.69) is 49.7 Å². The maximum Gasteiger partial charge on any atom is 2.00 e. The van der Waals surface area contributed by atoms with Gasteiger partial charge in [-0.3, -0.25) is 0 Å². The molecule has 0 radical (unpaired) electrons. The van der Waals surface area contributed by atoms with Gasteiger partial charge in [0.2, 0.25) is 0 Å². The van der Waals surface area contributed by atoms with Crippen molar-refractivity contribution in [2.24, 2.45) is 0 Å². The molecule has 0 atom stereocenters. The van der Waals surface area contributed by atoms with Crippen LogP contribution in [0.15, 0.2) is 0 Å². The molecule has 0 aliphatic heterocycles. The first kappa shape index (κ1) is 19.3. The predicted octanol–water partition coefficient (Wildman–Crippen LogP) is 0.757. The van der Waals surface area contributed by atoms with Crippen LogP contribution in [-0.4, -0.2) is 46.6 Å². The Hall–Kier alpha value is 0.739. The van der Waals surface area contributed by atoms with Gasteiger partial charge in [0.05, 0.1) is 0 Å². The number of hydrogen-bond acceptors (Lipinski definition) is 4. The van der Waals surface area contributed by atoms with Crippen molar-refractivity contribution in [3.8, 4) is 0 Å². The van der Waals surface area contributed by atoms with Crippen LogP contribution in [0.2, 0.25) is 0 Å². The number of thiocarbonyl (C=S) groups is 2. The SMILES string of the molecule is CN(C)C(=S)[S-].CN(C)C(=S)[S-].[Fe+2]. The maximum atomic E-state index is 4.56. The molecule has 2 nitrogen and oxygen atoms in total. The molecule has 0 saturated carbocycles. The van der Waals surface area contributed by atoms with Gasteiger partial charge in [0.1, 0.15) is 0 Å². The van der Waals surface area contributed by atoms with Crippen molar-refractivity contribution in [2.45, 2.75) is 0 Å². The summed E-state index contributed by atoms with van der Waals surface area (Å²) in [4.78, 5) is 3.43. The molecule has 0 aliphatic rings. The Morgan fingerprint density at radius 3 is 0.923 bits per heavy atom. The van der Waals surface area contributed by atoms with E-state index < -0.39 is 0 Å². The number of hydrogen-bond donors (Lipinski definition) is 0. The molecule has 0 amide bonds. The van der Waals surface area contributed by atoms with E-state index in [4.69, 9.17) is 0 Å². The quantitative estimate of drug-likeness (QED) is 0.367. The standard InChI is InChI=1S/2C3H7NS2.Fe/c2*1-4(2)3(5)6;/h2*1-2H3,(H,5,6);/q;;+2/p-2. The van der Waals surface area contributed by atoms with E-state index >= 15 is 0 Å². The predicted molar refractivity (Wildman–Crippen MR) is 67.3 cm³/mol. The van der Waals surface area contributed by atoms with E-state index in [0.717, 1.165) is 0 Å². The number of rotatable bonds is 0. The number of nitrogens with zero attached hydrogens (tertiary/aromatic N) is 2. The molecule has 78 valence electrons. The molecule has 0 unspecified atom stereocenters. The van der Waals surface area contributed by atoms with E-state index in [1.165, 1.54) is 0 Å². The maximum absolute atomic E-state index is 4.56. The third-order valence-electron chi connectivity index (χ3n) is 0.730. The van der Waals surface area contributed by atoms with Gasteiger partial charge in [-0.1, -0.05) is 8.64 Å². The molecule has 0 aromatic carbocycles. The molecule has 0 N–H and O–H groups in total. The van der Waals surface area contributed by atoms with Gasteiger partial charge in [-0.05, 0) is 0 Å². The first-order valence-corrected chi connectivity index (χ1v) is 4.69. The Morgan fingerprint density at radius 1 is 0.846 bits per heavy atom. The summed E-state index contributed by atoms with van der Waals surface area (Å²) >= 11 is 18.2. The second kappa shape index (κ2) is 10.8. The van der Waals surface area contributed by atoms with E-state index in [0.29, 0.717) is 8.64 Å². The largest absolute Gasteiger partial charge is 2.00 e. The van der Waals surface area contributed by atoms with E-state index in [-0.39, 0.29) is 17.1 Å². The van der Waals surface area contributed by atoms with Crippen molar-refractivity contribution in [1.29, 1.82) is 0 Å². The molecule has 0 aromatic heterocycles. The first-order valence-electron chi connectivity index (χ1n) is 3.05. The van der Waals surface area contributed by atoms with Crippen LogP contribution in [0.25, 0.3) is 0 Å². The van der Waals surface area contributed by atoms with Gasteiger partial charge in [0.15, 0.2) is 0 Å². The van der Waals surface area contributed by atoms with Gasteiger partial charge in [0, 0.05) is 28.2 Å². The summed E-state index contributed by atoms with van der Waals surface area (Å²) in [6, 6.07) is 0. The van der Waals surface area contributed by atoms with E-state index in [1.807, 2.05) is 28.2 Å². The minimum Gasteiger partial charge on any atom is -0.411 e. The molecule has 0 fully saturated rings. The Morgan fingerprint density at radius 2 is 0.923 bits per heavy atom. The zero-order chi connectivity index (χ0) is 10.3. The van der Waals surface area contributed by atoms with Crippen molar-refractivity contribution in [1.82, 2.24) is 9.80 Å². The van der Waals surface area contributed by atoms with Crippen molar-refractivity contribution in [3.63, 3.8) is 0 Å². The van der Waals surface area contributed by atoms with Crippen LogP contribution in [0, 0.1) is 0 Å². The van der Waals surface area contributed by atoms with E-state index in [1.54, 1.807) is 9.80 Å². The summed E-state index contributed by atoms with van der Waals surface area (Å²) in [5.41, 5.74) is 0.